The topological polar surface area (TPSA) is 96.5 Å². The van der Waals surface area contributed by atoms with E-state index in [0.717, 1.165) is 5.56 Å². The van der Waals surface area contributed by atoms with Crippen LogP contribution in [0, 0.1) is 0 Å². The zero-order chi connectivity index (χ0) is 20.5. The van der Waals surface area contributed by atoms with Crippen molar-refractivity contribution in [2.45, 2.75) is 32.9 Å². The minimum absolute atomic E-state index is 0.113. The molecule has 0 unspecified atom stereocenters. The molecule has 3 N–H and O–H groups in total. The molecule has 0 saturated heterocycles. The van der Waals surface area contributed by atoms with Crippen LogP contribution in [0.25, 0.3) is 0 Å². The van der Waals surface area contributed by atoms with Gasteiger partial charge in [0.05, 0.1) is 18.4 Å². The smallest absolute Gasteiger partial charge is 0.313 e. The Morgan fingerprint density at radius 2 is 1.68 bits per heavy atom. The summed E-state index contributed by atoms with van der Waals surface area (Å²) in [7, 11) is 1.57. The highest BCUT2D eigenvalue weighted by Gasteiger charge is 2.19. The van der Waals surface area contributed by atoms with Gasteiger partial charge in [0.2, 0.25) is 0 Å². The van der Waals surface area contributed by atoms with Crippen molar-refractivity contribution in [1.29, 1.82) is 0 Å². The van der Waals surface area contributed by atoms with Crippen molar-refractivity contribution in [2.75, 3.05) is 12.4 Å². The summed E-state index contributed by atoms with van der Waals surface area (Å²) in [6.45, 7) is 3.98. The summed E-state index contributed by atoms with van der Waals surface area (Å²) in [5, 5.41) is 7.90. The van der Waals surface area contributed by atoms with E-state index < -0.39 is 11.8 Å². The van der Waals surface area contributed by atoms with Crippen molar-refractivity contribution in [2.24, 2.45) is 0 Å². The predicted octanol–water partition coefficient (Wildman–Crippen LogP) is 2.48. The maximum Gasteiger partial charge on any atom is 0.313 e. The number of para-hydroxylation sites is 2. The van der Waals surface area contributed by atoms with Gasteiger partial charge in [0.1, 0.15) is 5.75 Å². The van der Waals surface area contributed by atoms with E-state index in [9.17, 15) is 14.4 Å². The first kappa shape index (κ1) is 21.0. The Bertz CT molecular complexity index is 851. The van der Waals surface area contributed by atoms with Crippen LogP contribution in [0.4, 0.5) is 5.69 Å². The first-order valence-electron chi connectivity index (χ1n) is 9.07. The van der Waals surface area contributed by atoms with Crippen LogP contribution in [-0.2, 0) is 16.1 Å². The van der Waals surface area contributed by atoms with Crippen LogP contribution >= 0.6 is 0 Å². The molecular formula is C21H25N3O4. The Morgan fingerprint density at radius 3 is 2.39 bits per heavy atom. The zero-order valence-corrected chi connectivity index (χ0v) is 16.2. The number of anilines is 1. The summed E-state index contributed by atoms with van der Waals surface area (Å²) in [6, 6.07) is 13.8. The Morgan fingerprint density at radius 1 is 1.00 bits per heavy atom. The number of hydrogen-bond acceptors (Lipinski definition) is 4. The van der Waals surface area contributed by atoms with Gasteiger partial charge in [-0.2, -0.15) is 0 Å². The number of ether oxygens (including phenoxy) is 1. The van der Waals surface area contributed by atoms with E-state index in [0.29, 0.717) is 12.2 Å². The molecule has 28 heavy (non-hydrogen) atoms. The lowest BCUT2D eigenvalue weighted by Gasteiger charge is -2.14. The third-order valence-corrected chi connectivity index (χ3v) is 4.25. The fraction of sp³-hybridized carbons (Fsp3) is 0.286. The fourth-order valence-corrected chi connectivity index (χ4v) is 2.48. The van der Waals surface area contributed by atoms with Crippen molar-refractivity contribution in [3.8, 4) is 5.75 Å². The highest BCUT2D eigenvalue weighted by molar-refractivity contribution is 6.40. The molecule has 1 atom stereocenters. The highest BCUT2D eigenvalue weighted by Crippen LogP contribution is 2.18. The number of methoxy groups -OCH3 is 1. The van der Waals surface area contributed by atoms with Gasteiger partial charge in [0.15, 0.2) is 0 Å². The molecule has 7 heteroatoms. The molecule has 0 radical (unpaired) electrons. The largest absolute Gasteiger partial charge is 0.496 e. The molecule has 0 aliphatic carbocycles. The third-order valence-electron chi connectivity index (χ3n) is 4.25. The lowest BCUT2D eigenvalue weighted by Crippen LogP contribution is -2.40. The van der Waals surface area contributed by atoms with E-state index >= 15 is 0 Å². The second-order valence-electron chi connectivity index (χ2n) is 6.28. The van der Waals surface area contributed by atoms with Crippen molar-refractivity contribution >= 4 is 23.4 Å². The molecule has 2 aromatic rings. The van der Waals surface area contributed by atoms with Crippen LogP contribution in [0.1, 0.15) is 36.2 Å². The molecule has 0 spiro atoms. The monoisotopic (exact) mass is 383 g/mol. The Hall–Kier alpha value is -3.35. The number of rotatable bonds is 7. The van der Waals surface area contributed by atoms with E-state index in [1.54, 1.807) is 31.4 Å². The minimum Gasteiger partial charge on any atom is -0.496 e. The number of carbonyl (C=O) groups excluding carboxylic acids is 3. The number of hydrogen-bond donors (Lipinski definition) is 3. The number of amides is 3. The summed E-state index contributed by atoms with van der Waals surface area (Å²) in [5.41, 5.74) is 1.36. The Labute approximate surface area is 164 Å². The van der Waals surface area contributed by atoms with Gasteiger partial charge in [-0.15, -0.1) is 0 Å². The van der Waals surface area contributed by atoms with Gasteiger partial charge in [-0.05, 0) is 31.5 Å². The molecule has 0 fully saturated rings. The maximum atomic E-state index is 12.6. The Balaban J connectivity index is 2.07. The van der Waals surface area contributed by atoms with Gasteiger partial charge in [0, 0.05) is 18.2 Å². The van der Waals surface area contributed by atoms with E-state index in [1.165, 1.54) is 0 Å². The number of nitrogens with one attached hydrogen (secondary N) is 3. The van der Waals surface area contributed by atoms with Gasteiger partial charge < -0.3 is 20.7 Å². The number of benzene rings is 2. The highest BCUT2D eigenvalue weighted by atomic mass is 16.5. The van der Waals surface area contributed by atoms with Crippen molar-refractivity contribution in [3.63, 3.8) is 0 Å². The van der Waals surface area contributed by atoms with Crippen LogP contribution in [0.2, 0.25) is 0 Å². The first-order chi connectivity index (χ1) is 13.5. The fourth-order valence-electron chi connectivity index (χ4n) is 2.48. The van der Waals surface area contributed by atoms with Crippen molar-refractivity contribution < 1.29 is 19.1 Å². The summed E-state index contributed by atoms with van der Waals surface area (Å²) < 4.78 is 5.27. The quantitative estimate of drug-likeness (QED) is 0.640. The molecule has 0 aliphatic heterocycles. The van der Waals surface area contributed by atoms with Gasteiger partial charge in [-0.1, -0.05) is 37.3 Å². The summed E-state index contributed by atoms with van der Waals surface area (Å²) in [4.78, 5) is 36.7. The van der Waals surface area contributed by atoms with E-state index in [4.69, 9.17) is 4.74 Å². The van der Waals surface area contributed by atoms with Crippen LogP contribution < -0.4 is 20.7 Å². The molecule has 148 valence electrons. The van der Waals surface area contributed by atoms with Gasteiger partial charge >= 0.3 is 11.8 Å². The minimum atomic E-state index is -0.815. The molecule has 2 rings (SSSR count). The van der Waals surface area contributed by atoms with E-state index in [1.807, 2.05) is 38.1 Å². The molecule has 0 saturated carbocycles. The number of carbonyl (C=O) groups is 3. The van der Waals surface area contributed by atoms with Crippen LogP contribution in [-0.4, -0.2) is 30.9 Å². The molecule has 7 nitrogen and oxygen atoms in total. The van der Waals surface area contributed by atoms with Crippen molar-refractivity contribution in [1.82, 2.24) is 10.6 Å². The van der Waals surface area contributed by atoms with Gasteiger partial charge in [0.25, 0.3) is 5.91 Å². The third kappa shape index (κ3) is 5.57. The zero-order valence-electron chi connectivity index (χ0n) is 16.2. The SMILES string of the molecule is CC[C@@H](C)NC(=O)C(=O)Nc1ccccc1C(=O)NCc1ccccc1OC. The lowest BCUT2D eigenvalue weighted by atomic mass is 10.1. The van der Waals surface area contributed by atoms with Crippen LogP contribution in [0.3, 0.4) is 0 Å². The molecule has 0 heterocycles. The lowest BCUT2D eigenvalue weighted by molar-refractivity contribution is -0.136. The van der Waals surface area contributed by atoms with E-state index in [2.05, 4.69) is 16.0 Å². The predicted molar refractivity (Wildman–Crippen MR) is 107 cm³/mol. The average molecular weight is 383 g/mol. The molecular weight excluding hydrogens is 358 g/mol. The normalized spacial score (nSPS) is 11.2. The van der Waals surface area contributed by atoms with Gasteiger partial charge in [-0.3, -0.25) is 14.4 Å². The molecule has 2 aromatic carbocycles. The summed E-state index contributed by atoms with van der Waals surface area (Å²) in [6.07, 6.45) is 0.709. The average Bonchev–Trinajstić information content (AvgIpc) is 2.72. The summed E-state index contributed by atoms with van der Waals surface area (Å²) >= 11 is 0. The molecule has 3 amide bonds. The second kappa shape index (κ2) is 10.1. The Kier molecular flexibility index (Phi) is 7.56. The van der Waals surface area contributed by atoms with E-state index in [-0.39, 0.29) is 29.7 Å². The summed E-state index contributed by atoms with van der Waals surface area (Å²) in [5.74, 6) is -1.25. The molecule has 0 bridgehead atoms. The molecule has 0 aliphatic rings. The van der Waals surface area contributed by atoms with Gasteiger partial charge in [-0.25, -0.2) is 0 Å². The maximum absolute atomic E-state index is 12.6. The second-order valence-corrected chi connectivity index (χ2v) is 6.28. The first-order valence-corrected chi connectivity index (χ1v) is 9.07. The standard InChI is InChI=1S/C21H25N3O4/c1-4-14(2)23-20(26)21(27)24-17-11-7-6-10-16(17)19(25)22-13-15-9-5-8-12-18(15)28-3/h5-12,14H,4,13H2,1-3H3,(H,22,25)(H,23,26)(H,24,27)/t14-/m1/s1. The van der Waals surface area contributed by atoms with Crippen LogP contribution in [0.5, 0.6) is 5.75 Å². The van der Waals surface area contributed by atoms with Crippen molar-refractivity contribution in [3.05, 3.63) is 59.7 Å². The van der Waals surface area contributed by atoms with Crippen LogP contribution in [0.15, 0.2) is 48.5 Å². The molecule has 0 aromatic heterocycles.